The zero-order valence-corrected chi connectivity index (χ0v) is 12.7. The van der Waals surface area contributed by atoms with Crippen molar-refractivity contribution in [3.8, 4) is 5.75 Å². The first-order valence-electron chi connectivity index (χ1n) is 7.43. The first-order chi connectivity index (χ1) is 9.02. The molecule has 0 bridgehead atoms. The number of hydrogen-bond acceptors (Lipinski definition) is 2. The van der Waals surface area contributed by atoms with E-state index in [1.165, 1.54) is 42.4 Å². The average molecular weight is 261 g/mol. The molecule has 2 N–H and O–H groups in total. The van der Waals surface area contributed by atoms with Gasteiger partial charge in [0.1, 0.15) is 5.75 Å². The first-order valence-corrected chi connectivity index (χ1v) is 7.43. The van der Waals surface area contributed by atoms with Gasteiger partial charge >= 0.3 is 0 Å². The van der Waals surface area contributed by atoms with E-state index in [0.717, 1.165) is 11.7 Å². The van der Waals surface area contributed by atoms with Crippen molar-refractivity contribution >= 4 is 0 Å². The predicted molar refractivity (Wildman–Crippen MR) is 80.5 cm³/mol. The van der Waals surface area contributed by atoms with Gasteiger partial charge < -0.3 is 10.5 Å². The number of hydrogen-bond donors (Lipinski definition) is 1. The highest BCUT2D eigenvalue weighted by Crippen LogP contribution is 2.37. The van der Waals surface area contributed by atoms with Crippen LogP contribution in [-0.2, 0) is 0 Å². The minimum atomic E-state index is 0.177. The molecule has 1 saturated carbocycles. The van der Waals surface area contributed by atoms with E-state index in [0.29, 0.717) is 5.92 Å². The monoisotopic (exact) mass is 261 g/mol. The predicted octanol–water partition coefficient (Wildman–Crippen LogP) is 4.14. The van der Waals surface area contributed by atoms with Gasteiger partial charge in [-0.2, -0.15) is 0 Å². The molecule has 0 saturated heterocycles. The highest BCUT2D eigenvalue weighted by Gasteiger charge is 2.25. The molecule has 1 unspecified atom stereocenters. The zero-order chi connectivity index (χ0) is 14.0. The zero-order valence-electron chi connectivity index (χ0n) is 12.7. The van der Waals surface area contributed by atoms with Crippen molar-refractivity contribution in [1.82, 2.24) is 0 Å². The van der Waals surface area contributed by atoms with Crippen LogP contribution in [0.15, 0.2) is 12.1 Å². The normalized spacial score (nSPS) is 25.1. The van der Waals surface area contributed by atoms with Gasteiger partial charge in [-0.15, -0.1) is 0 Å². The number of aryl methyl sites for hydroxylation is 2. The summed E-state index contributed by atoms with van der Waals surface area (Å²) >= 11 is 0. The summed E-state index contributed by atoms with van der Waals surface area (Å²) in [6.45, 7) is 6.55. The first kappa shape index (κ1) is 14.4. The Morgan fingerprint density at radius 3 is 2.11 bits per heavy atom. The Hall–Kier alpha value is -1.02. The third-order valence-corrected chi connectivity index (χ3v) is 4.64. The second-order valence-corrected chi connectivity index (χ2v) is 6.23. The number of ether oxygens (including phenoxy) is 1. The van der Waals surface area contributed by atoms with Crippen LogP contribution in [0.2, 0.25) is 0 Å². The molecule has 1 fully saturated rings. The van der Waals surface area contributed by atoms with Crippen LogP contribution < -0.4 is 10.5 Å². The Kier molecular flexibility index (Phi) is 4.51. The fourth-order valence-electron chi connectivity index (χ4n) is 3.42. The SMILES string of the molecule is COc1c(C)cc(C(N)C2CCC(C)CC2)cc1C. The minimum Gasteiger partial charge on any atom is -0.496 e. The second kappa shape index (κ2) is 5.96. The summed E-state index contributed by atoms with van der Waals surface area (Å²) in [4.78, 5) is 0. The molecule has 2 nitrogen and oxygen atoms in total. The topological polar surface area (TPSA) is 35.2 Å². The number of benzene rings is 1. The van der Waals surface area contributed by atoms with Crippen LogP contribution in [0.3, 0.4) is 0 Å². The maximum absolute atomic E-state index is 6.50. The van der Waals surface area contributed by atoms with Crippen molar-refractivity contribution in [3.05, 3.63) is 28.8 Å². The summed E-state index contributed by atoms with van der Waals surface area (Å²) in [5.74, 6) is 2.51. The number of nitrogens with two attached hydrogens (primary N) is 1. The van der Waals surface area contributed by atoms with Gasteiger partial charge in [0.15, 0.2) is 0 Å². The van der Waals surface area contributed by atoms with Crippen molar-refractivity contribution in [3.63, 3.8) is 0 Å². The number of methoxy groups -OCH3 is 1. The van der Waals surface area contributed by atoms with E-state index in [4.69, 9.17) is 10.5 Å². The maximum atomic E-state index is 6.50. The van der Waals surface area contributed by atoms with Gasteiger partial charge in [0, 0.05) is 6.04 Å². The van der Waals surface area contributed by atoms with Crippen LogP contribution in [0.5, 0.6) is 5.75 Å². The smallest absolute Gasteiger partial charge is 0.124 e. The van der Waals surface area contributed by atoms with Crippen molar-refractivity contribution in [1.29, 1.82) is 0 Å². The van der Waals surface area contributed by atoms with Crippen molar-refractivity contribution in [2.75, 3.05) is 7.11 Å². The van der Waals surface area contributed by atoms with Gasteiger partial charge in [0.2, 0.25) is 0 Å². The molecule has 0 heterocycles. The van der Waals surface area contributed by atoms with Crippen LogP contribution in [0.25, 0.3) is 0 Å². The van der Waals surface area contributed by atoms with E-state index in [1.807, 2.05) is 0 Å². The molecule has 19 heavy (non-hydrogen) atoms. The summed E-state index contributed by atoms with van der Waals surface area (Å²) in [5, 5.41) is 0. The third kappa shape index (κ3) is 3.11. The van der Waals surface area contributed by atoms with E-state index in [1.54, 1.807) is 7.11 Å². The average Bonchev–Trinajstić information content (AvgIpc) is 2.38. The van der Waals surface area contributed by atoms with Gasteiger partial charge in [-0.05, 0) is 55.2 Å². The van der Waals surface area contributed by atoms with Crippen molar-refractivity contribution in [2.45, 2.75) is 52.5 Å². The second-order valence-electron chi connectivity index (χ2n) is 6.23. The molecule has 0 amide bonds. The molecule has 1 aliphatic rings. The van der Waals surface area contributed by atoms with Crippen LogP contribution in [0.1, 0.15) is 55.3 Å². The molecule has 106 valence electrons. The lowest BCUT2D eigenvalue weighted by Crippen LogP contribution is -2.25. The lowest BCUT2D eigenvalue weighted by molar-refractivity contribution is 0.256. The van der Waals surface area contributed by atoms with Crippen LogP contribution in [0, 0.1) is 25.7 Å². The summed E-state index contributed by atoms with van der Waals surface area (Å²) in [7, 11) is 1.73. The molecular formula is C17H27NO. The maximum Gasteiger partial charge on any atom is 0.124 e. The van der Waals surface area contributed by atoms with E-state index in [-0.39, 0.29) is 6.04 Å². The lowest BCUT2D eigenvalue weighted by Gasteiger charge is -2.31. The van der Waals surface area contributed by atoms with E-state index < -0.39 is 0 Å². The molecule has 0 aromatic heterocycles. The van der Waals surface area contributed by atoms with Gasteiger partial charge in [0.05, 0.1) is 7.11 Å². The van der Waals surface area contributed by atoms with Crippen molar-refractivity contribution in [2.24, 2.45) is 17.6 Å². The standard InChI is InChI=1S/C17H27NO/c1-11-5-7-14(8-6-11)16(18)15-9-12(2)17(19-4)13(3)10-15/h9-11,14,16H,5-8,18H2,1-4H3. The summed E-state index contributed by atoms with van der Waals surface area (Å²) in [6.07, 6.45) is 5.19. The molecule has 1 aliphatic carbocycles. The van der Waals surface area contributed by atoms with E-state index in [9.17, 15) is 0 Å². The van der Waals surface area contributed by atoms with Gasteiger partial charge in [-0.1, -0.05) is 31.9 Å². The van der Waals surface area contributed by atoms with Gasteiger partial charge in [-0.25, -0.2) is 0 Å². The minimum absolute atomic E-state index is 0.177. The fourth-order valence-corrected chi connectivity index (χ4v) is 3.42. The molecule has 1 aromatic carbocycles. The molecule has 2 heteroatoms. The van der Waals surface area contributed by atoms with Gasteiger partial charge in [-0.3, -0.25) is 0 Å². The lowest BCUT2D eigenvalue weighted by atomic mass is 9.77. The van der Waals surface area contributed by atoms with Crippen LogP contribution >= 0.6 is 0 Å². The molecule has 1 aromatic rings. The Balaban J connectivity index is 2.17. The molecule has 0 spiro atoms. The highest BCUT2D eigenvalue weighted by molar-refractivity contribution is 5.44. The molecular weight excluding hydrogens is 234 g/mol. The Morgan fingerprint density at radius 2 is 1.63 bits per heavy atom. The molecule has 0 aliphatic heterocycles. The summed E-state index contributed by atoms with van der Waals surface area (Å²) < 4.78 is 5.43. The summed E-state index contributed by atoms with van der Waals surface area (Å²) in [6, 6.07) is 4.58. The van der Waals surface area contributed by atoms with Crippen molar-refractivity contribution < 1.29 is 4.74 Å². The molecule has 2 rings (SSSR count). The Morgan fingerprint density at radius 1 is 1.11 bits per heavy atom. The summed E-state index contributed by atoms with van der Waals surface area (Å²) in [5.41, 5.74) is 10.2. The largest absolute Gasteiger partial charge is 0.496 e. The Labute approximate surface area is 117 Å². The molecule has 1 atom stereocenters. The van der Waals surface area contributed by atoms with E-state index >= 15 is 0 Å². The van der Waals surface area contributed by atoms with Crippen LogP contribution in [0.4, 0.5) is 0 Å². The van der Waals surface area contributed by atoms with E-state index in [2.05, 4.69) is 32.9 Å². The fraction of sp³-hybridized carbons (Fsp3) is 0.647. The highest BCUT2D eigenvalue weighted by atomic mass is 16.5. The molecule has 0 radical (unpaired) electrons. The van der Waals surface area contributed by atoms with Crippen LogP contribution in [-0.4, -0.2) is 7.11 Å². The quantitative estimate of drug-likeness (QED) is 0.887. The number of rotatable bonds is 3. The third-order valence-electron chi connectivity index (χ3n) is 4.64. The van der Waals surface area contributed by atoms with Gasteiger partial charge in [0.25, 0.3) is 0 Å². The Bertz CT molecular complexity index is 410.